The van der Waals surface area contributed by atoms with Crippen molar-refractivity contribution in [2.24, 2.45) is 0 Å². The Morgan fingerprint density at radius 1 is 1.10 bits per heavy atom. The average Bonchev–Trinajstić information content (AvgIpc) is 2.75. The number of ether oxygens (including phenoxy) is 1. The molecule has 0 spiro atoms. The van der Waals surface area contributed by atoms with Crippen LogP contribution in [0, 0.1) is 0 Å². The lowest BCUT2D eigenvalue weighted by Gasteiger charge is -2.34. The van der Waals surface area contributed by atoms with Gasteiger partial charge in [0, 0.05) is 9.79 Å². The van der Waals surface area contributed by atoms with Gasteiger partial charge in [-0.2, -0.15) is 0 Å². The first-order valence-electron chi connectivity index (χ1n) is 9.97. The van der Waals surface area contributed by atoms with Gasteiger partial charge in [0.25, 0.3) is 5.91 Å². The van der Waals surface area contributed by atoms with Crippen molar-refractivity contribution in [1.82, 2.24) is 4.90 Å². The highest BCUT2D eigenvalue weighted by Gasteiger charge is 2.31. The highest BCUT2D eigenvalue weighted by atomic mass is 32.2. The second-order valence-electron chi connectivity index (χ2n) is 6.97. The average molecular weight is 415 g/mol. The summed E-state index contributed by atoms with van der Waals surface area (Å²) in [7, 11) is 0. The molecule has 6 nitrogen and oxygen atoms in total. The van der Waals surface area contributed by atoms with E-state index in [4.69, 9.17) is 4.74 Å². The maximum Gasteiger partial charge on any atom is 0.410 e. The summed E-state index contributed by atoms with van der Waals surface area (Å²) in [4.78, 5) is 29.8. The normalized spacial score (nSPS) is 15.6. The number of nitrogens with one attached hydrogen (secondary N) is 2. The fourth-order valence-corrected chi connectivity index (χ4v) is 4.25. The lowest BCUT2D eigenvalue weighted by Crippen LogP contribution is -3.19. The van der Waals surface area contributed by atoms with Gasteiger partial charge in [-0.25, -0.2) is 4.79 Å². The van der Waals surface area contributed by atoms with E-state index in [1.165, 1.54) is 4.90 Å². The van der Waals surface area contributed by atoms with Crippen molar-refractivity contribution in [3.8, 4) is 0 Å². The van der Waals surface area contributed by atoms with Crippen molar-refractivity contribution in [2.45, 2.75) is 29.7 Å². The quantitative estimate of drug-likeness (QED) is 0.763. The minimum absolute atomic E-state index is 0.00861. The van der Waals surface area contributed by atoms with Crippen LogP contribution in [0.1, 0.15) is 13.8 Å². The Bertz CT molecular complexity index is 823. The second kappa shape index (κ2) is 10.3. The molecular formula is C22H28N3O3S+. The Balaban J connectivity index is 1.59. The van der Waals surface area contributed by atoms with Crippen LogP contribution in [0.3, 0.4) is 0 Å². The number of piperazine rings is 1. The number of benzene rings is 2. The number of rotatable bonds is 6. The Labute approximate surface area is 176 Å². The van der Waals surface area contributed by atoms with Crippen molar-refractivity contribution >= 4 is 29.4 Å². The smallest absolute Gasteiger partial charge is 0.410 e. The third kappa shape index (κ3) is 5.74. The first kappa shape index (κ1) is 21.2. The lowest BCUT2D eigenvalue weighted by molar-refractivity contribution is -0.917. The van der Waals surface area contributed by atoms with Crippen molar-refractivity contribution in [2.75, 3.05) is 38.1 Å². The van der Waals surface area contributed by atoms with Gasteiger partial charge in [-0.1, -0.05) is 42.1 Å². The van der Waals surface area contributed by atoms with Crippen molar-refractivity contribution in [1.29, 1.82) is 0 Å². The molecule has 2 amide bonds. The van der Waals surface area contributed by atoms with Crippen LogP contribution in [0.25, 0.3) is 0 Å². The van der Waals surface area contributed by atoms with Crippen LogP contribution in [0.2, 0.25) is 0 Å². The third-order valence-corrected chi connectivity index (χ3v) is 6.14. The summed E-state index contributed by atoms with van der Waals surface area (Å²) in [5.41, 5.74) is 0.822. The molecule has 1 aliphatic rings. The molecule has 29 heavy (non-hydrogen) atoms. The highest BCUT2D eigenvalue weighted by molar-refractivity contribution is 7.99. The van der Waals surface area contributed by atoms with Crippen molar-refractivity contribution in [3.05, 3.63) is 54.6 Å². The molecule has 1 fully saturated rings. The second-order valence-corrected chi connectivity index (χ2v) is 8.08. The molecular weight excluding hydrogens is 386 g/mol. The van der Waals surface area contributed by atoms with Gasteiger partial charge >= 0.3 is 6.09 Å². The number of carbonyl (C=O) groups excluding carboxylic acids is 2. The van der Waals surface area contributed by atoms with E-state index in [9.17, 15) is 9.59 Å². The van der Waals surface area contributed by atoms with Crippen molar-refractivity contribution in [3.63, 3.8) is 0 Å². The zero-order valence-electron chi connectivity index (χ0n) is 16.9. The van der Waals surface area contributed by atoms with E-state index in [1.54, 1.807) is 23.6 Å². The summed E-state index contributed by atoms with van der Waals surface area (Å²) >= 11 is 1.63. The number of hydrogen-bond acceptors (Lipinski definition) is 4. The van der Waals surface area contributed by atoms with Gasteiger partial charge in [0.1, 0.15) is 0 Å². The molecule has 0 saturated carbocycles. The summed E-state index contributed by atoms with van der Waals surface area (Å²) in [5.74, 6) is -0.00861. The minimum Gasteiger partial charge on any atom is -0.450 e. The Kier molecular flexibility index (Phi) is 7.55. The number of amides is 2. The number of quaternary nitrogens is 1. The predicted octanol–water partition coefficient (Wildman–Crippen LogP) is 2.52. The Hall–Kier alpha value is -2.51. The molecule has 154 valence electrons. The highest BCUT2D eigenvalue weighted by Crippen LogP contribution is 2.33. The topological polar surface area (TPSA) is 63.1 Å². The van der Waals surface area contributed by atoms with E-state index in [2.05, 4.69) is 17.4 Å². The maximum atomic E-state index is 12.9. The van der Waals surface area contributed by atoms with Crippen LogP contribution >= 0.6 is 11.8 Å². The summed E-state index contributed by atoms with van der Waals surface area (Å²) in [5, 5.41) is 3.10. The van der Waals surface area contributed by atoms with Crippen molar-refractivity contribution < 1.29 is 19.2 Å². The largest absolute Gasteiger partial charge is 0.450 e. The molecule has 7 heteroatoms. The monoisotopic (exact) mass is 414 g/mol. The molecule has 1 aliphatic heterocycles. The zero-order chi connectivity index (χ0) is 20.6. The molecule has 0 unspecified atom stereocenters. The molecule has 2 aromatic carbocycles. The first-order valence-corrected chi connectivity index (χ1v) is 10.8. The molecule has 0 radical (unpaired) electrons. The van der Waals surface area contributed by atoms with Gasteiger partial charge in [0.05, 0.1) is 38.5 Å². The predicted molar refractivity (Wildman–Crippen MR) is 114 cm³/mol. The fraction of sp³-hybridized carbons (Fsp3) is 0.364. The van der Waals surface area contributed by atoms with E-state index in [-0.39, 0.29) is 18.0 Å². The van der Waals surface area contributed by atoms with Crippen LogP contribution in [-0.4, -0.2) is 55.7 Å². The number of anilines is 1. The van der Waals surface area contributed by atoms with Crippen LogP contribution in [0.5, 0.6) is 0 Å². The first-order chi connectivity index (χ1) is 14.1. The zero-order valence-corrected chi connectivity index (χ0v) is 17.7. The van der Waals surface area contributed by atoms with Gasteiger partial charge in [-0.05, 0) is 38.1 Å². The molecule has 0 aromatic heterocycles. The standard InChI is InChI=1S/C22H27N3O3S/c1-3-28-22(27)25-15-13-24(14-16-25)17(2)21(26)23-19-11-7-8-12-20(19)29-18-9-5-4-6-10-18/h4-12,17H,3,13-16H2,1-2H3,(H,23,26)/p+1/t17-/m1/s1. The van der Waals surface area contributed by atoms with Crippen LogP contribution in [0.4, 0.5) is 10.5 Å². The van der Waals surface area contributed by atoms with Gasteiger partial charge < -0.3 is 15.0 Å². The van der Waals surface area contributed by atoms with Gasteiger partial charge in [0.15, 0.2) is 6.04 Å². The molecule has 0 aliphatic carbocycles. The molecule has 1 saturated heterocycles. The van der Waals surface area contributed by atoms with E-state index in [0.29, 0.717) is 19.7 Å². The molecule has 2 N–H and O–H groups in total. The third-order valence-electron chi connectivity index (χ3n) is 5.05. The molecule has 2 aromatic rings. The van der Waals surface area contributed by atoms with Crippen LogP contribution in [-0.2, 0) is 9.53 Å². The lowest BCUT2D eigenvalue weighted by atomic mass is 10.2. The molecule has 3 rings (SSSR count). The Morgan fingerprint density at radius 3 is 2.45 bits per heavy atom. The number of para-hydroxylation sites is 1. The SMILES string of the molecule is CCOC(=O)N1CC[NH+]([C@H](C)C(=O)Nc2ccccc2Sc2ccccc2)CC1. The number of nitrogens with zero attached hydrogens (tertiary/aromatic N) is 1. The summed E-state index contributed by atoms with van der Waals surface area (Å²) in [6, 6.07) is 17.8. The van der Waals surface area contributed by atoms with E-state index >= 15 is 0 Å². The van der Waals surface area contributed by atoms with Crippen LogP contribution in [0.15, 0.2) is 64.4 Å². The molecule has 0 bridgehead atoms. The summed E-state index contributed by atoms with van der Waals surface area (Å²) in [6.45, 7) is 6.79. The number of carbonyl (C=O) groups is 2. The maximum absolute atomic E-state index is 12.9. The van der Waals surface area contributed by atoms with Gasteiger partial charge in [-0.15, -0.1) is 0 Å². The minimum atomic E-state index is -0.268. The summed E-state index contributed by atoms with van der Waals surface area (Å²) in [6.07, 6.45) is -0.268. The van der Waals surface area contributed by atoms with Gasteiger partial charge in [-0.3, -0.25) is 9.69 Å². The Morgan fingerprint density at radius 2 is 1.76 bits per heavy atom. The van der Waals surface area contributed by atoms with Gasteiger partial charge in [0.2, 0.25) is 0 Å². The van der Waals surface area contributed by atoms with E-state index in [1.807, 2.05) is 49.4 Å². The fourth-order valence-electron chi connectivity index (χ4n) is 3.33. The summed E-state index contributed by atoms with van der Waals surface area (Å²) < 4.78 is 5.06. The van der Waals surface area contributed by atoms with Crippen LogP contribution < -0.4 is 10.2 Å². The number of hydrogen-bond donors (Lipinski definition) is 2. The van der Waals surface area contributed by atoms with E-state index < -0.39 is 0 Å². The molecule has 1 atom stereocenters. The molecule has 1 heterocycles. The van der Waals surface area contributed by atoms with E-state index in [0.717, 1.165) is 28.6 Å².